The molecule has 2 aromatic heterocycles. The molecule has 0 spiro atoms. The summed E-state index contributed by atoms with van der Waals surface area (Å²) in [5, 5.41) is 12.8. The molecule has 0 amide bonds. The molecule has 0 aliphatic heterocycles. The molecule has 0 saturated heterocycles. The predicted octanol–water partition coefficient (Wildman–Crippen LogP) is 4.75. The van der Waals surface area contributed by atoms with Gasteiger partial charge < -0.3 is 10.1 Å². The smallest absolute Gasteiger partial charge is 0.119 e. The lowest BCUT2D eigenvalue weighted by atomic mass is 9.74. The third-order valence-corrected chi connectivity index (χ3v) is 5.86. The first kappa shape index (κ1) is 17.3. The Morgan fingerprint density at radius 1 is 1.27 bits per heavy atom. The fraction of sp³-hybridized carbons (Fsp3) is 0.381. The van der Waals surface area contributed by atoms with E-state index in [-0.39, 0.29) is 5.41 Å². The fourth-order valence-corrected chi connectivity index (χ4v) is 4.47. The van der Waals surface area contributed by atoms with Gasteiger partial charge in [-0.1, -0.05) is 13.8 Å². The van der Waals surface area contributed by atoms with Crippen LogP contribution in [0.5, 0.6) is 5.75 Å². The molecule has 1 unspecified atom stereocenters. The van der Waals surface area contributed by atoms with E-state index < -0.39 is 0 Å². The molecule has 3 aromatic rings. The number of methoxy groups -OCH3 is 1. The average molecular weight is 368 g/mol. The Kier molecular flexibility index (Phi) is 4.59. The van der Waals surface area contributed by atoms with Crippen LogP contribution in [0.1, 0.15) is 43.1 Å². The van der Waals surface area contributed by atoms with E-state index in [1.807, 2.05) is 18.3 Å². The van der Waals surface area contributed by atoms with Crippen LogP contribution in [-0.4, -0.2) is 16.9 Å². The molecular formula is C21H25N3OS. The van der Waals surface area contributed by atoms with Gasteiger partial charge in [0, 0.05) is 23.8 Å². The Balaban J connectivity index is 1.64. The Labute approximate surface area is 158 Å². The van der Waals surface area contributed by atoms with E-state index >= 15 is 0 Å². The summed E-state index contributed by atoms with van der Waals surface area (Å²) in [6, 6.07) is 10.6. The van der Waals surface area contributed by atoms with Crippen molar-refractivity contribution in [1.29, 1.82) is 0 Å². The maximum atomic E-state index is 5.28. The zero-order valence-corrected chi connectivity index (χ0v) is 16.3. The van der Waals surface area contributed by atoms with E-state index in [0.29, 0.717) is 6.04 Å². The van der Waals surface area contributed by atoms with Crippen molar-refractivity contribution in [1.82, 2.24) is 15.1 Å². The molecule has 26 heavy (non-hydrogen) atoms. The van der Waals surface area contributed by atoms with Gasteiger partial charge in [-0.2, -0.15) is 16.4 Å². The number of nitrogens with zero attached hydrogens (tertiary/aromatic N) is 2. The van der Waals surface area contributed by atoms with Crippen molar-refractivity contribution in [2.75, 3.05) is 7.11 Å². The zero-order chi connectivity index (χ0) is 18.1. The molecule has 1 aromatic carbocycles. The van der Waals surface area contributed by atoms with Gasteiger partial charge in [0.15, 0.2) is 0 Å². The van der Waals surface area contributed by atoms with E-state index in [1.165, 1.54) is 16.8 Å². The van der Waals surface area contributed by atoms with Gasteiger partial charge in [-0.25, -0.2) is 4.68 Å². The quantitative estimate of drug-likeness (QED) is 0.707. The maximum absolute atomic E-state index is 5.28. The summed E-state index contributed by atoms with van der Waals surface area (Å²) in [6.07, 6.45) is 4.20. The van der Waals surface area contributed by atoms with Crippen LogP contribution in [0.3, 0.4) is 0 Å². The van der Waals surface area contributed by atoms with Crippen LogP contribution >= 0.6 is 11.3 Å². The second kappa shape index (κ2) is 6.89. The number of thiophene rings is 1. The van der Waals surface area contributed by atoms with Crippen molar-refractivity contribution in [3.63, 3.8) is 0 Å². The molecule has 1 aliphatic carbocycles. The summed E-state index contributed by atoms with van der Waals surface area (Å²) >= 11 is 1.75. The molecule has 5 heteroatoms. The number of nitrogens with one attached hydrogen (secondary N) is 1. The van der Waals surface area contributed by atoms with Gasteiger partial charge in [0.05, 0.1) is 19.0 Å². The largest absolute Gasteiger partial charge is 0.497 e. The molecule has 0 radical (unpaired) electrons. The SMILES string of the molecule is COc1ccc(-n2ncc3c2CC(C)(C)CC3NCc2ccsc2)cc1. The highest BCUT2D eigenvalue weighted by atomic mass is 32.1. The monoisotopic (exact) mass is 367 g/mol. The number of rotatable bonds is 5. The summed E-state index contributed by atoms with van der Waals surface area (Å²) in [5.74, 6) is 0.866. The standard InChI is InChI=1S/C21H25N3OS/c1-21(2)10-19(22-12-15-8-9-26-14-15)18-13-23-24(20(18)11-21)16-4-6-17(25-3)7-5-16/h4-9,13-14,19,22H,10-12H2,1-3H3. The molecule has 0 fully saturated rings. The lowest BCUT2D eigenvalue weighted by Gasteiger charge is -2.36. The van der Waals surface area contributed by atoms with Gasteiger partial charge >= 0.3 is 0 Å². The van der Waals surface area contributed by atoms with Crippen LogP contribution in [-0.2, 0) is 13.0 Å². The Hall–Kier alpha value is -2.11. The van der Waals surface area contributed by atoms with E-state index in [2.05, 4.69) is 52.8 Å². The summed E-state index contributed by atoms with van der Waals surface area (Å²) in [4.78, 5) is 0. The third-order valence-electron chi connectivity index (χ3n) is 5.13. The lowest BCUT2D eigenvalue weighted by Crippen LogP contribution is -2.33. The van der Waals surface area contributed by atoms with Crippen molar-refractivity contribution >= 4 is 11.3 Å². The minimum absolute atomic E-state index is 0.240. The first-order valence-corrected chi connectivity index (χ1v) is 9.96. The molecule has 4 nitrogen and oxygen atoms in total. The van der Waals surface area contributed by atoms with Gasteiger partial charge in [-0.05, 0) is 64.9 Å². The highest BCUT2D eigenvalue weighted by Crippen LogP contribution is 2.41. The van der Waals surface area contributed by atoms with Crippen molar-refractivity contribution in [2.45, 2.75) is 39.3 Å². The third kappa shape index (κ3) is 3.41. The van der Waals surface area contributed by atoms with Gasteiger partial charge in [0.2, 0.25) is 0 Å². The van der Waals surface area contributed by atoms with Crippen LogP contribution in [0.15, 0.2) is 47.3 Å². The first-order chi connectivity index (χ1) is 12.6. The molecule has 1 N–H and O–H groups in total. The first-order valence-electron chi connectivity index (χ1n) is 9.01. The molecular weight excluding hydrogens is 342 g/mol. The van der Waals surface area contributed by atoms with E-state index in [0.717, 1.165) is 30.8 Å². The molecule has 1 atom stereocenters. The second-order valence-electron chi connectivity index (χ2n) is 7.77. The van der Waals surface area contributed by atoms with Crippen molar-refractivity contribution in [2.24, 2.45) is 5.41 Å². The Morgan fingerprint density at radius 3 is 2.77 bits per heavy atom. The van der Waals surface area contributed by atoms with E-state index in [4.69, 9.17) is 9.84 Å². The van der Waals surface area contributed by atoms with Gasteiger partial charge in [0.25, 0.3) is 0 Å². The van der Waals surface area contributed by atoms with Crippen LogP contribution in [0.2, 0.25) is 0 Å². The summed E-state index contributed by atoms with van der Waals surface area (Å²) < 4.78 is 7.37. The molecule has 1 aliphatic rings. The number of hydrogen-bond acceptors (Lipinski definition) is 4. The predicted molar refractivity (Wildman–Crippen MR) is 106 cm³/mol. The minimum Gasteiger partial charge on any atom is -0.497 e. The van der Waals surface area contributed by atoms with Gasteiger partial charge in [-0.3, -0.25) is 0 Å². The summed E-state index contributed by atoms with van der Waals surface area (Å²) in [7, 11) is 1.69. The van der Waals surface area contributed by atoms with Crippen molar-refractivity contribution in [3.05, 3.63) is 64.1 Å². The number of ether oxygens (including phenoxy) is 1. The van der Waals surface area contributed by atoms with Crippen molar-refractivity contribution < 1.29 is 4.74 Å². The van der Waals surface area contributed by atoms with Crippen LogP contribution < -0.4 is 10.1 Å². The minimum atomic E-state index is 0.240. The number of fused-ring (bicyclic) bond motifs is 1. The Bertz CT molecular complexity index is 865. The normalized spacial score (nSPS) is 18.5. The second-order valence-corrected chi connectivity index (χ2v) is 8.55. The molecule has 0 bridgehead atoms. The van der Waals surface area contributed by atoms with Crippen LogP contribution in [0.25, 0.3) is 5.69 Å². The Morgan fingerprint density at radius 2 is 2.08 bits per heavy atom. The van der Waals surface area contributed by atoms with E-state index in [1.54, 1.807) is 18.4 Å². The zero-order valence-electron chi connectivity index (χ0n) is 15.5. The number of hydrogen-bond donors (Lipinski definition) is 1. The topological polar surface area (TPSA) is 39.1 Å². The molecule has 136 valence electrons. The van der Waals surface area contributed by atoms with Crippen LogP contribution in [0.4, 0.5) is 0 Å². The van der Waals surface area contributed by atoms with Crippen molar-refractivity contribution in [3.8, 4) is 11.4 Å². The molecule has 4 rings (SSSR count). The maximum Gasteiger partial charge on any atom is 0.119 e. The molecule has 2 heterocycles. The summed E-state index contributed by atoms with van der Waals surface area (Å²) in [6.45, 7) is 5.60. The number of benzene rings is 1. The summed E-state index contributed by atoms with van der Waals surface area (Å²) in [5.41, 5.74) is 5.32. The highest BCUT2D eigenvalue weighted by Gasteiger charge is 2.35. The fourth-order valence-electron chi connectivity index (χ4n) is 3.80. The number of aromatic nitrogens is 2. The van der Waals surface area contributed by atoms with Crippen LogP contribution in [0, 0.1) is 5.41 Å². The van der Waals surface area contributed by atoms with Gasteiger partial charge in [0.1, 0.15) is 5.75 Å². The lowest BCUT2D eigenvalue weighted by molar-refractivity contribution is 0.253. The average Bonchev–Trinajstić information content (AvgIpc) is 3.28. The molecule has 0 saturated carbocycles. The van der Waals surface area contributed by atoms with E-state index in [9.17, 15) is 0 Å². The van der Waals surface area contributed by atoms with Gasteiger partial charge in [-0.15, -0.1) is 0 Å². The highest BCUT2D eigenvalue weighted by molar-refractivity contribution is 7.07.